The molecule has 138 valence electrons. The largest absolute Gasteiger partial charge is 0.481 e. The van der Waals surface area contributed by atoms with Crippen LogP contribution in [0.1, 0.15) is 56.7 Å². The third-order valence-corrected chi connectivity index (χ3v) is 6.82. The van der Waals surface area contributed by atoms with Crippen molar-refractivity contribution in [3.63, 3.8) is 0 Å². The Morgan fingerprint density at radius 2 is 1.88 bits per heavy atom. The molecule has 2 atom stereocenters. The van der Waals surface area contributed by atoms with Crippen molar-refractivity contribution in [1.82, 2.24) is 14.5 Å². The normalized spacial score (nSPS) is 28.5. The summed E-state index contributed by atoms with van der Waals surface area (Å²) in [5.74, 6) is 2.98. The van der Waals surface area contributed by atoms with Gasteiger partial charge in [-0.05, 0) is 62.3 Å². The zero-order valence-electron chi connectivity index (χ0n) is 15.3. The van der Waals surface area contributed by atoms with Gasteiger partial charge in [0.1, 0.15) is 0 Å². The van der Waals surface area contributed by atoms with E-state index in [1.807, 2.05) is 18.6 Å². The maximum Gasteiger partial charge on any atom is 0.213 e. The second-order valence-electron chi connectivity index (χ2n) is 8.30. The first-order chi connectivity index (χ1) is 12.7. The Morgan fingerprint density at radius 1 is 1.15 bits per heavy atom. The van der Waals surface area contributed by atoms with Crippen LogP contribution in [-0.2, 0) is 0 Å². The van der Waals surface area contributed by atoms with Gasteiger partial charge in [0.15, 0.2) is 0 Å². The Bertz CT molecular complexity index is 790. The molecule has 2 unspecified atom stereocenters. The Labute approximate surface area is 154 Å². The zero-order chi connectivity index (χ0) is 17.7. The number of ether oxygens (including phenoxy) is 1. The van der Waals surface area contributed by atoms with E-state index in [9.17, 15) is 5.11 Å². The molecule has 2 aromatic heterocycles. The van der Waals surface area contributed by atoms with Crippen molar-refractivity contribution >= 4 is 0 Å². The molecule has 3 aliphatic rings. The molecule has 2 aromatic rings. The summed E-state index contributed by atoms with van der Waals surface area (Å²) < 4.78 is 7.49. The molecular formula is C21H27N3O2. The molecule has 26 heavy (non-hydrogen) atoms. The molecule has 5 heteroatoms. The van der Waals surface area contributed by atoms with Crippen LogP contribution in [0.4, 0.5) is 0 Å². The molecule has 2 aliphatic carbocycles. The average molecular weight is 353 g/mol. The number of aliphatic hydroxyl groups is 1. The van der Waals surface area contributed by atoms with Gasteiger partial charge in [-0.3, -0.25) is 0 Å². The summed E-state index contributed by atoms with van der Waals surface area (Å²) in [6.45, 7) is 0. The molecule has 0 amide bonds. The van der Waals surface area contributed by atoms with Crippen LogP contribution in [-0.4, -0.2) is 32.9 Å². The second-order valence-corrected chi connectivity index (χ2v) is 8.30. The third-order valence-electron chi connectivity index (χ3n) is 6.82. The first-order valence-electron chi connectivity index (χ1n) is 9.99. The van der Waals surface area contributed by atoms with E-state index in [4.69, 9.17) is 9.72 Å². The lowest BCUT2D eigenvalue weighted by Gasteiger charge is -2.32. The summed E-state index contributed by atoms with van der Waals surface area (Å²) in [4.78, 5) is 9.01. The molecule has 2 fully saturated rings. The highest BCUT2D eigenvalue weighted by molar-refractivity contribution is 5.67. The molecule has 0 aromatic carbocycles. The van der Waals surface area contributed by atoms with Gasteiger partial charge in [-0.25, -0.2) is 9.97 Å². The van der Waals surface area contributed by atoms with Gasteiger partial charge in [0.2, 0.25) is 5.88 Å². The predicted molar refractivity (Wildman–Crippen MR) is 98.9 cm³/mol. The van der Waals surface area contributed by atoms with Crippen LogP contribution in [0, 0.1) is 17.8 Å². The summed E-state index contributed by atoms with van der Waals surface area (Å²) in [5.41, 5.74) is 3.20. The molecule has 5 rings (SSSR count). The van der Waals surface area contributed by atoms with Crippen molar-refractivity contribution in [2.75, 3.05) is 7.11 Å². The minimum Gasteiger partial charge on any atom is -0.481 e. The van der Waals surface area contributed by atoms with Gasteiger partial charge in [-0.2, -0.15) is 0 Å². The van der Waals surface area contributed by atoms with Gasteiger partial charge < -0.3 is 14.4 Å². The van der Waals surface area contributed by atoms with Crippen molar-refractivity contribution < 1.29 is 9.84 Å². The summed E-state index contributed by atoms with van der Waals surface area (Å²) in [5, 5.41) is 11.0. The van der Waals surface area contributed by atoms with E-state index >= 15 is 0 Å². The monoisotopic (exact) mass is 353 g/mol. The Morgan fingerprint density at radius 3 is 2.58 bits per heavy atom. The summed E-state index contributed by atoms with van der Waals surface area (Å²) in [6.07, 6.45) is 12.0. The van der Waals surface area contributed by atoms with Gasteiger partial charge >= 0.3 is 0 Å². The van der Waals surface area contributed by atoms with Gasteiger partial charge in [-0.15, -0.1) is 0 Å². The number of pyridine rings is 1. The standard InChI is InChI=1S/C21H27N3O2/c1-26-20-9-8-16-18-11-22-12-24(18)17(21(16)23-20)10-19(25)15-6-4-14(5-7-15)13-2-3-13/h8-9,11-15,17,19,25H,2-7,10H2,1H3. The lowest BCUT2D eigenvalue weighted by atomic mass is 9.76. The van der Waals surface area contributed by atoms with Gasteiger partial charge in [-0.1, -0.05) is 0 Å². The zero-order valence-corrected chi connectivity index (χ0v) is 15.3. The Balaban J connectivity index is 1.34. The van der Waals surface area contributed by atoms with Crippen LogP contribution in [0.5, 0.6) is 5.88 Å². The molecule has 2 saturated carbocycles. The van der Waals surface area contributed by atoms with Crippen LogP contribution in [0.15, 0.2) is 24.7 Å². The number of hydrogen-bond acceptors (Lipinski definition) is 4. The average Bonchev–Trinajstić information content (AvgIpc) is 3.35. The molecule has 0 bridgehead atoms. The molecule has 0 radical (unpaired) electrons. The van der Waals surface area contributed by atoms with Crippen LogP contribution < -0.4 is 4.74 Å². The fourth-order valence-electron chi connectivity index (χ4n) is 5.15. The number of rotatable bonds is 5. The third kappa shape index (κ3) is 2.73. The quantitative estimate of drug-likeness (QED) is 0.888. The van der Waals surface area contributed by atoms with Gasteiger partial charge in [0.25, 0.3) is 0 Å². The van der Waals surface area contributed by atoms with E-state index in [0.29, 0.717) is 18.2 Å². The maximum absolute atomic E-state index is 11.0. The molecule has 1 N–H and O–H groups in total. The smallest absolute Gasteiger partial charge is 0.213 e. The molecular weight excluding hydrogens is 326 g/mol. The van der Waals surface area contributed by atoms with Crippen molar-refractivity contribution in [1.29, 1.82) is 0 Å². The minimum atomic E-state index is -0.283. The molecule has 0 saturated heterocycles. The number of methoxy groups -OCH3 is 1. The summed E-state index contributed by atoms with van der Waals surface area (Å²) >= 11 is 0. The number of aliphatic hydroxyl groups excluding tert-OH is 1. The lowest BCUT2D eigenvalue weighted by molar-refractivity contribution is 0.0563. The highest BCUT2D eigenvalue weighted by atomic mass is 16.5. The van der Waals surface area contributed by atoms with Crippen LogP contribution in [0.25, 0.3) is 11.3 Å². The maximum atomic E-state index is 11.0. The van der Waals surface area contributed by atoms with E-state index in [2.05, 4.69) is 15.6 Å². The van der Waals surface area contributed by atoms with Crippen molar-refractivity contribution in [2.24, 2.45) is 17.8 Å². The fourth-order valence-corrected chi connectivity index (χ4v) is 5.15. The van der Waals surface area contributed by atoms with Gasteiger partial charge in [0, 0.05) is 18.1 Å². The van der Waals surface area contributed by atoms with Crippen LogP contribution >= 0.6 is 0 Å². The van der Waals surface area contributed by atoms with Crippen LogP contribution in [0.2, 0.25) is 0 Å². The summed E-state index contributed by atoms with van der Waals surface area (Å²) in [7, 11) is 1.65. The minimum absolute atomic E-state index is 0.0498. The van der Waals surface area contributed by atoms with E-state index in [1.165, 1.54) is 38.5 Å². The SMILES string of the molecule is COc1ccc2c(n1)C(CC(O)C1CCC(C3CC3)CC1)n1cncc1-2. The highest BCUT2D eigenvalue weighted by Gasteiger charge is 2.38. The van der Waals surface area contributed by atoms with Crippen LogP contribution in [0.3, 0.4) is 0 Å². The van der Waals surface area contributed by atoms with E-state index in [0.717, 1.165) is 28.8 Å². The molecule has 0 spiro atoms. The fraction of sp³-hybridized carbons (Fsp3) is 0.619. The number of aromatic nitrogens is 3. The van der Waals surface area contributed by atoms with Gasteiger partial charge in [0.05, 0.1) is 43.2 Å². The highest BCUT2D eigenvalue weighted by Crippen LogP contribution is 2.47. The number of fused-ring (bicyclic) bond motifs is 3. The number of hydrogen-bond donors (Lipinski definition) is 1. The first-order valence-corrected chi connectivity index (χ1v) is 9.99. The van der Waals surface area contributed by atoms with E-state index in [-0.39, 0.29) is 12.1 Å². The number of imidazole rings is 1. The van der Waals surface area contributed by atoms with Crippen molar-refractivity contribution in [3.8, 4) is 17.1 Å². The Kier molecular flexibility index (Phi) is 4.00. The van der Waals surface area contributed by atoms with Crippen molar-refractivity contribution in [3.05, 3.63) is 30.4 Å². The van der Waals surface area contributed by atoms with Crippen molar-refractivity contribution in [2.45, 2.75) is 57.1 Å². The van der Waals surface area contributed by atoms with E-state index in [1.54, 1.807) is 7.11 Å². The predicted octanol–water partition coefficient (Wildman–Crippen LogP) is 3.82. The molecule has 3 heterocycles. The molecule has 5 nitrogen and oxygen atoms in total. The van der Waals surface area contributed by atoms with E-state index < -0.39 is 0 Å². The number of nitrogens with zero attached hydrogens (tertiary/aromatic N) is 3. The topological polar surface area (TPSA) is 60.2 Å². The Hall–Kier alpha value is -1.88. The summed E-state index contributed by atoms with van der Waals surface area (Å²) in [6, 6.07) is 4.00. The molecule has 1 aliphatic heterocycles. The second kappa shape index (κ2) is 6.38. The lowest BCUT2D eigenvalue weighted by Crippen LogP contribution is -2.29. The first kappa shape index (κ1) is 16.3.